The molecule has 2 heterocycles. The minimum atomic E-state index is -3.83. The molecule has 2 aromatic rings. The van der Waals surface area contributed by atoms with Crippen molar-refractivity contribution in [1.82, 2.24) is 24.1 Å². The van der Waals surface area contributed by atoms with Crippen LogP contribution in [0.2, 0.25) is 0 Å². The Morgan fingerprint density at radius 3 is 2.41 bits per heavy atom. The lowest BCUT2D eigenvalue weighted by molar-refractivity contribution is -0.152. The predicted octanol–water partition coefficient (Wildman–Crippen LogP) is 0.318. The maximum atomic E-state index is 12.3. The third-order valence-electron chi connectivity index (χ3n) is 4.42. The molecule has 2 N–H and O–H groups in total. The second kappa shape index (κ2) is 8.74. The van der Waals surface area contributed by atoms with Gasteiger partial charge in [0.25, 0.3) is 15.9 Å². The van der Waals surface area contributed by atoms with Crippen LogP contribution in [0.25, 0.3) is 0 Å². The van der Waals surface area contributed by atoms with Crippen molar-refractivity contribution in [2.45, 2.75) is 45.2 Å². The van der Waals surface area contributed by atoms with Crippen LogP contribution in [-0.2, 0) is 38.4 Å². The van der Waals surface area contributed by atoms with Crippen LogP contribution in [0.4, 0.5) is 5.69 Å². The summed E-state index contributed by atoms with van der Waals surface area (Å²) in [7, 11) is -0.390. The molecule has 0 saturated heterocycles. The molecule has 0 aliphatic carbocycles. The zero-order valence-corrected chi connectivity index (χ0v) is 18.1. The first-order chi connectivity index (χ1) is 13.4. The molecule has 0 fully saturated rings. The van der Waals surface area contributed by atoms with E-state index in [2.05, 4.69) is 20.1 Å². The number of ether oxygens (including phenoxy) is 1. The largest absolute Gasteiger partial charge is 0.452 e. The van der Waals surface area contributed by atoms with Gasteiger partial charge < -0.3 is 14.6 Å². The first-order valence-electron chi connectivity index (χ1n) is 8.92. The Morgan fingerprint density at radius 2 is 1.90 bits per heavy atom. The van der Waals surface area contributed by atoms with Crippen LogP contribution in [0, 0.1) is 20.8 Å². The standard InChI is InChI=1S/C17H26N6O5S/c1-10-16(11(2)23(6)21-10)20-17(25)12(3)28-15(24)7-8-18-29(26,27)14-9-22(5)13(4)19-14/h9,12,18H,7-8H2,1-6H3,(H,20,25). The smallest absolute Gasteiger partial charge is 0.307 e. The van der Waals surface area contributed by atoms with E-state index in [1.165, 1.54) is 13.1 Å². The van der Waals surface area contributed by atoms with E-state index in [0.717, 1.165) is 5.69 Å². The van der Waals surface area contributed by atoms with Crippen LogP contribution in [-0.4, -0.2) is 52.3 Å². The van der Waals surface area contributed by atoms with E-state index >= 15 is 0 Å². The number of nitrogens with zero attached hydrogens (tertiary/aromatic N) is 4. The maximum absolute atomic E-state index is 12.3. The van der Waals surface area contributed by atoms with Gasteiger partial charge in [-0.2, -0.15) is 5.10 Å². The van der Waals surface area contributed by atoms with Gasteiger partial charge in [0.1, 0.15) is 5.82 Å². The minimum Gasteiger partial charge on any atom is -0.452 e. The predicted molar refractivity (Wildman–Crippen MR) is 105 cm³/mol. The van der Waals surface area contributed by atoms with Crippen LogP contribution >= 0.6 is 0 Å². The fraction of sp³-hybridized carbons (Fsp3) is 0.529. The van der Waals surface area contributed by atoms with Gasteiger partial charge in [0, 0.05) is 26.8 Å². The van der Waals surface area contributed by atoms with Crippen molar-refractivity contribution in [3.8, 4) is 0 Å². The van der Waals surface area contributed by atoms with Gasteiger partial charge in [0.2, 0.25) is 0 Å². The lowest BCUT2D eigenvalue weighted by Gasteiger charge is -2.14. The van der Waals surface area contributed by atoms with E-state index in [-0.39, 0.29) is 18.0 Å². The number of esters is 1. The first-order valence-corrected chi connectivity index (χ1v) is 10.4. The summed E-state index contributed by atoms with van der Waals surface area (Å²) in [5, 5.41) is 6.77. The van der Waals surface area contributed by atoms with Crippen molar-refractivity contribution >= 4 is 27.6 Å². The van der Waals surface area contributed by atoms with E-state index in [1.54, 1.807) is 37.2 Å². The summed E-state index contributed by atoms with van der Waals surface area (Å²) in [4.78, 5) is 28.2. The molecule has 11 nitrogen and oxygen atoms in total. The number of carbonyl (C=O) groups is 2. The van der Waals surface area contributed by atoms with Gasteiger partial charge in [-0.05, 0) is 27.7 Å². The van der Waals surface area contributed by atoms with E-state index in [4.69, 9.17) is 4.74 Å². The first kappa shape index (κ1) is 22.6. The van der Waals surface area contributed by atoms with Gasteiger partial charge in [-0.3, -0.25) is 14.3 Å². The summed E-state index contributed by atoms with van der Waals surface area (Å²) in [6, 6.07) is 0. The number of aromatic nitrogens is 4. The Kier molecular flexibility index (Phi) is 6.80. The molecule has 1 atom stereocenters. The normalized spacial score (nSPS) is 12.6. The van der Waals surface area contributed by atoms with Gasteiger partial charge in [0.15, 0.2) is 11.1 Å². The second-order valence-corrected chi connectivity index (χ2v) is 8.39. The molecular formula is C17H26N6O5S. The summed E-state index contributed by atoms with van der Waals surface area (Å²) in [6.07, 6.45) is 0.106. The summed E-state index contributed by atoms with van der Waals surface area (Å²) in [6.45, 7) is 6.51. The number of imidazole rings is 1. The van der Waals surface area contributed by atoms with Gasteiger partial charge >= 0.3 is 5.97 Å². The Labute approximate surface area is 169 Å². The summed E-state index contributed by atoms with van der Waals surface area (Å²) in [5.74, 6) is -0.655. The van der Waals surface area contributed by atoms with Gasteiger partial charge in [-0.25, -0.2) is 18.1 Å². The zero-order chi connectivity index (χ0) is 21.9. The molecule has 29 heavy (non-hydrogen) atoms. The minimum absolute atomic E-state index is 0.124. The van der Waals surface area contributed by atoms with E-state index in [9.17, 15) is 18.0 Å². The average molecular weight is 426 g/mol. The number of sulfonamides is 1. The van der Waals surface area contributed by atoms with Gasteiger partial charge in [0.05, 0.1) is 23.5 Å². The fourth-order valence-electron chi connectivity index (χ4n) is 2.51. The molecule has 12 heteroatoms. The summed E-state index contributed by atoms with van der Waals surface area (Å²) in [5.41, 5.74) is 1.99. The van der Waals surface area contributed by atoms with Crippen molar-refractivity contribution in [2.24, 2.45) is 14.1 Å². The van der Waals surface area contributed by atoms with Gasteiger partial charge in [-0.15, -0.1) is 0 Å². The Balaban J connectivity index is 1.84. The van der Waals surface area contributed by atoms with Crippen LogP contribution in [0.1, 0.15) is 30.6 Å². The highest BCUT2D eigenvalue weighted by molar-refractivity contribution is 7.89. The van der Waals surface area contributed by atoms with Gasteiger partial charge in [-0.1, -0.05) is 0 Å². The third-order valence-corrected chi connectivity index (χ3v) is 5.75. The molecule has 0 aliphatic heterocycles. The quantitative estimate of drug-likeness (QED) is 0.580. The van der Waals surface area contributed by atoms with E-state index in [1.807, 2.05) is 6.92 Å². The number of anilines is 1. The monoisotopic (exact) mass is 426 g/mol. The zero-order valence-electron chi connectivity index (χ0n) is 17.3. The van der Waals surface area contributed by atoms with Crippen LogP contribution < -0.4 is 10.0 Å². The molecule has 2 rings (SSSR count). The van der Waals surface area contributed by atoms with Crippen LogP contribution in [0.3, 0.4) is 0 Å². The highest BCUT2D eigenvalue weighted by Gasteiger charge is 2.22. The molecule has 160 valence electrons. The van der Waals surface area contributed by atoms with Crippen molar-refractivity contribution < 1.29 is 22.7 Å². The molecular weight excluding hydrogens is 400 g/mol. The Hall–Kier alpha value is -2.73. The van der Waals surface area contributed by atoms with Crippen molar-refractivity contribution in [1.29, 1.82) is 0 Å². The summed E-state index contributed by atoms with van der Waals surface area (Å²) >= 11 is 0. The molecule has 2 aromatic heterocycles. The molecule has 0 radical (unpaired) electrons. The van der Waals surface area contributed by atoms with Crippen LogP contribution in [0.15, 0.2) is 11.2 Å². The summed E-state index contributed by atoms with van der Waals surface area (Å²) < 4.78 is 34.9. The second-order valence-electron chi connectivity index (χ2n) is 6.68. The third kappa shape index (κ3) is 5.41. The number of nitrogens with one attached hydrogen (secondary N) is 2. The highest BCUT2D eigenvalue weighted by Crippen LogP contribution is 2.18. The number of hydrogen-bond donors (Lipinski definition) is 2. The van der Waals surface area contributed by atoms with Crippen LogP contribution in [0.5, 0.6) is 0 Å². The number of rotatable bonds is 8. The lowest BCUT2D eigenvalue weighted by atomic mass is 10.3. The number of hydrogen-bond acceptors (Lipinski definition) is 7. The van der Waals surface area contributed by atoms with Crippen molar-refractivity contribution in [2.75, 3.05) is 11.9 Å². The van der Waals surface area contributed by atoms with E-state index < -0.39 is 28.0 Å². The maximum Gasteiger partial charge on any atom is 0.307 e. The fourth-order valence-corrected chi connectivity index (χ4v) is 3.57. The lowest BCUT2D eigenvalue weighted by Crippen LogP contribution is -2.32. The van der Waals surface area contributed by atoms with E-state index in [0.29, 0.717) is 17.2 Å². The molecule has 0 aliphatic rings. The molecule has 0 saturated carbocycles. The van der Waals surface area contributed by atoms with Crippen molar-refractivity contribution in [3.63, 3.8) is 0 Å². The highest BCUT2D eigenvalue weighted by atomic mass is 32.2. The van der Waals surface area contributed by atoms with Crippen molar-refractivity contribution in [3.05, 3.63) is 23.4 Å². The molecule has 0 bridgehead atoms. The topological polar surface area (TPSA) is 137 Å². The Bertz CT molecular complexity index is 1000. The SMILES string of the molecule is Cc1nn(C)c(C)c1NC(=O)C(C)OC(=O)CCNS(=O)(=O)c1cn(C)c(C)n1. The average Bonchev–Trinajstić information content (AvgIpc) is 3.08. The molecule has 1 amide bonds. The number of amides is 1. The molecule has 1 unspecified atom stereocenters. The molecule has 0 spiro atoms. The molecule has 0 aromatic carbocycles. The Morgan fingerprint density at radius 1 is 1.24 bits per heavy atom. The number of carbonyl (C=O) groups excluding carboxylic acids is 2. The number of aryl methyl sites for hydroxylation is 4.